The summed E-state index contributed by atoms with van der Waals surface area (Å²) in [5.74, 6) is 0.514. The van der Waals surface area contributed by atoms with E-state index in [1.165, 1.54) is 12.1 Å². The van der Waals surface area contributed by atoms with E-state index >= 15 is 0 Å². The zero-order valence-corrected chi connectivity index (χ0v) is 14.8. The van der Waals surface area contributed by atoms with Crippen LogP contribution in [0.25, 0.3) is 0 Å². The molecular weight excluding hydrogens is 319 g/mol. The third-order valence-corrected chi connectivity index (χ3v) is 4.71. The van der Waals surface area contributed by atoms with Gasteiger partial charge in [0.25, 0.3) is 0 Å². The third-order valence-electron chi connectivity index (χ3n) is 4.71. The van der Waals surface area contributed by atoms with Gasteiger partial charge in [-0.25, -0.2) is 4.39 Å². The van der Waals surface area contributed by atoms with Crippen molar-refractivity contribution in [3.8, 4) is 5.75 Å². The van der Waals surface area contributed by atoms with Crippen molar-refractivity contribution < 1.29 is 13.9 Å². The van der Waals surface area contributed by atoms with Gasteiger partial charge < -0.3 is 9.64 Å². The number of methoxy groups -OCH3 is 1. The Balaban J connectivity index is 1.77. The number of rotatable bonds is 4. The first-order chi connectivity index (χ1) is 12.0. The minimum Gasteiger partial charge on any atom is -0.495 e. The monoisotopic (exact) mass is 342 g/mol. The number of halogens is 1. The Bertz CT molecular complexity index is 761. The molecule has 0 saturated carbocycles. The van der Waals surface area contributed by atoms with Crippen molar-refractivity contribution >= 4 is 11.6 Å². The topological polar surface area (TPSA) is 32.8 Å². The molecule has 0 spiro atoms. The van der Waals surface area contributed by atoms with Gasteiger partial charge in [0, 0.05) is 19.6 Å². The lowest BCUT2D eigenvalue weighted by molar-refractivity contribution is -0.125. The van der Waals surface area contributed by atoms with E-state index in [1.54, 1.807) is 24.1 Å². The van der Waals surface area contributed by atoms with E-state index in [2.05, 4.69) is 4.90 Å². The molecule has 1 amide bonds. The number of anilines is 1. The molecule has 1 unspecified atom stereocenters. The summed E-state index contributed by atoms with van der Waals surface area (Å²) < 4.78 is 18.5. The molecule has 0 aliphatic carbocycles. The van der Waals surface area contributed by atoms with Crippen LogP contribution in [0.1, 0.15) is 18.1 Å². The molecule has 5 heteroatoms. The van der Waals surface area contributed by atoms with E-state index in [0.29, 0.717) is 18.8 Å². The Kier molecular flexibility index (Phi) is 5.04. The average Bonchev–Trinajstić information content (AvgIpc) is 2.61. The lowest BCUT2D eigenvalue weighted by atomic mass is 10.1. The van der Waals surface area contributed by atoms with Crippen molar-refractivity contribution in [1.29, 1.82) is 0 Å². The minimum absolute atomic E-state index is 0.0530. The summed E-state index contributed by atoms with van der Waals surface area (Å²) in [6, 6.07) is 12.0. The fourth-order valence-corrected chi connectivity index (χ4v) is 3.20. The van der Waals surface area contributed by atoms with Gasteiger partial charge in [-0.15, -0.1) is 0 Å². The first-order valence-electron chi connectivity index (χ1n) is 8.44. The number of carbonyl (C=O) groups is 1. The number of benzene rings is 2. The maximum absolute atomic E-state index is 13.1. The van der Waals surface area contributed by atoms with Crippen LogP contribution in [-0.4, -0.2) is 37.0 Å². The van der Waals surface area contributed by atoms with Crippen LogP contribution < -0.4 is 9.64 Å². The zero-order chi connectivity index (χ0) is 18.0. The van der Waals surface area contributed by atoms with Crippen molar-refractivity contribution in [2.75, 3.05) is 25.1 Å². The smallest absolute Gasteiger partial charge is 0.244 e. The molecule has 132 valence electrons. The Morgan fingerprint density at radius 3 is 2.56 bits per heavy atom. The third kappa shape index (κ3) is 3.66. The number of carbonyl (C=O) groups excluding carboxylic acids is 1. The summed E-state index contributed by atoms with van der Waals surface area (Å²) in [5, 5.41) is 0. The number of nitrogens with zero attached hydrogens (tertiary/aromatic N) is 2. The summed E-state index contributed by atoms with van der Waals surface area (Å²) in [6.07, 6.45) is 0. The van der Waals surface area contributed by atoms with Gasteiger partial charge in [0.05, 0.1) is 18.8 Å². The maximum atomic E-state index is 13.1. The van der Waals surface area contributed by atoms with Gasteiger partial charge in [-0.2, -0.15) is 0 Å². The lowest BCUT2D eigenvalue weighted by Gasteiger charge is -2.39. The molecule has 1 saturated heterocycles. The van der Waals surface area contributed by atoms with Gasteiger partial charge in [0.2, 0.25) is 5.91 Å². The molecule has 2 aromatic carbocycles. The molecule has 0 aromatic heterocycles. The highest BCUT2D eigenvalue weighted by atomic mass is 19.1. The largest absolute Gasteiger partial charge is 0.495 e. The highest BCUT2D eigenvalue weighted by molar-refractivity contribution is 5.99. The summed E-state index contributed by atoms with van der Waals surface area (Å²) in [4.78, 5) is 16.9. The molecule has 1 atom stereocenters. The minimum atomic E-state index is -0.246. The second kappa shape index (κ2) is 7.23. The van der Waals surface area contributed by atoms with Gasteiger partial charge in [-0.1, -0.05) is 18.2 Å². The van der Waals surface area contributed by atoms with E-state index in [4.69, 9.17) is 4.74 Å². The Labute approximate surface area is 147 Å². The maximum Gasteiger partial charge on any atom is 0.244 e. The van der Waals surface area contributed by atoms with E-state index in [0.717, 1.165) is 23.4 Å². The van der Waals surface area contributed by atoms with E-state index in [1.807, 2.05) is 32.0 Å². The molecule has 1 aliphatic heterocycles. The van der Waals surface area contributed by atoms with E-state index < -0.39 is 0 Å². The molecule has 1 fully saturated rings. The van der Waals surface area contributed by atoms with Crippen LogP contribution in [-0.2, 0) is 11.3 Å². The fourth-order valence-electron chi connectivity index (χ4n) is 3.20. The summed E-state index contributed by atoms with van der Waals surface area (Å²) in [5.41, 5.74) is 2.91. The van der Waals surface area contributed by atoms with Gasteiger partial charge in [0.1, 0.15) is 11.6 Å². The van der Waals surface area contributed by atoms with Gasteiger partial charge in [0.15, 0.2) is 0 Å². The second-order valence-corrected chi connectivity index (χ2v) is 6.44. The Morgan fingerprint density at radius 2 is 1.88 bits per heavy atom. The van der Waals surface area contributed by atoms with Crippen LogP contribution >= 0.6 is 0 Å². The second-order valence-electron chi connectivity index (χ2n) is 6.44. The summed E-state index contributed by atoms with van der Waals surface area (Å²) in [6.45, 7) is 5.90. The molecule has 0 bridgehead atoms. The van der Waals surface area contributed by atoms with Crippen LogP contribution in [0, 0.1) is 12.7 Å². The quantitative estimate of drug-likeness (QED) is 0.854. The van der Waals surface area contributed by atoms with Crippen LogP contribution in [0.3, 0.4) is 0 Å². The normalized spacial score (nSPS) is 18.5. The number of aryl methyl sites for hydroxylation is 1. The van der Waals surface area contributed by atoms with Gasteiger partial charge in [-0.3, -0.25) is 9.69 Å². The van der Waals surface area contributed by atoms with Crippen molar-refractivity contribution in [2.24, 2.45) is 0 Å². The molecule has 1 aliphatic rings. The molecule has 3 rings (SSSR count). The molecule has 0 radical (unpaired) electrons. The number of piperazine rings is 1. The average molecular weight is 342 g/mol. The standard InChI is InChI=1S/C20H23FN2O2/c1-14-4-9-19(25-3)18(12-14)23-11-10-22(15(2)20(23)24)13-16-5-7-17(21)8-6-16/h4-9,12,15H,10-11,13H2,1-3H3. The molecular formula is C20H23FN2O2. The summed E-state index contributed by atoms with van der Waals surface area (Å²) >= 11 is 0. The van der Waals surface area contributed by atoms with Crippen molar-refractivity contribution in [2.45, 2.75) is 26.4 Å². The van der Waals surface area contributed by atoms with Crippen LogP contribution in [0.2, 0.25) is 0 Å². The molecule has 0 N–H and O–H groups in total. The number of ether oxygens (including phenoxy) is 1. The molecule has 1 heterocycles. The van der Waals surface area contributed by atoms with E-state index in [-0.39, 0.29) is 17.8 Å². The Morgan fingerprint density at radius 1 is 1.16 bits per heavy atom. The van der Waals surface area contributed by atoms with E-state index in [9.17, 15) is 9.18 Å². The van der Waals surface area contributed by atoms with Crippen LogP contribution in [0.4, 0.5) is 10.1 Å². The first-order valence-corrected chi connectivity index (χ1v) is 8.44. The molecule has 4 nitrogen and oxygen atoms in total. The highest BCUT2D eigenvalue weighted by Gasteiger charge is 2.33. The predicted molar refractivity (Wildman–Crippen MR) is 96.4 cm³/mol. The molecule has 2 aromatic rings. The predicted octanol–water partition coefficient (Wildman–Crippen LogP) is 3.38. The first kappa shape index (κ1) is 17.4. The molecule has 25 heavy (non-hydrogen) atoms. The van der Waals surface area contributed by atoms with Crippen LogP contribution in [0.5, 0.6) is 5.75 Å². The fraction of sp³-hybridized carbons (Fsp3) is 0.350. The number of hydrogen-bond acceptors (Lipinski definition) is 3. The van der Waals surface area contributed by atoms with Gasteiger partial charge >= 0.3 is 0 Å². The zero-order valence-electron chi connectivity index (χ0n) is 14.8. The number of hydrogen-bond donors (Lipinski definition) is 0. The Hall–Kier alpha value is -2.40. The summed E-state index contributed by atoms with van der Waals surface area (Å²) in [7, 11) is 1.62. The van der Waals surface area contributed by atoms with Crippen molar-refractivity contribution in [3.05, 3.63) is 59.4 Å². The van der Waals surface area contributed by atoms with Crippen molar-refractivity contribution in [1.82, 2.24) is 4.90 Å². The number of amides is 1. The van der Waals surface area contributed by atoms with Crippen LogP contribution in [0.15, 0.2) is 42.5 Å². The SMILES string of the molecule is COc1ccc(C)cc1N1CCN(Cc2ccc(F)cc2)C(C)C1=O. The van der Waals surface area contributed by atoms with Crippen molar-refractivity contribution in [3.63, 3.8) is 0 Å². The highest BCUT2D eigenvalue weighted by Crippen LogP contribution is 2.31. The lowest BCUT2D eigenvalue weighted by Crippen LogP contribution is -2.55. The van der Waals surface area contributed by atoms with Gasteiger partial charge in [-0.05, 0) is 49.2 Å².